The van der Waals surface area contributed by atoms with Crippen LogP contribution in [0.2, 0.25) is 0 Å². The molecule has 0 aliphatic carbocycles. The molecule has 4 rings (SSSR count). The summed E-state index contributed by atoms with van der Waals surface area (Å²) >= 11 is 0. The Kier molecular flexibility index (Phi) is 6.86. The van der Waals surface area contributed by atoms with Gasteiger partial charge < -0.3 is 24.2 Å². The van der Waals surface area contributed by atoms with Gasteiger partial charge in [0.1, 0.15) is 18.1 Å². The van der Waals surface area contributed by atoms with Gasteiger partial charge in [-0.1, -0.05) is 18.2 Å². The minimum absolute atomic E-state index is 0.0249. The maximum Gasteiger partial charge on any atom is 0.416 e. The maximum absolute atomic E-state index is 13.9. The van der Waals surface area contributed by atoms with Gasteiger partial charge in [0.2, 0.25) is 0 Å². The molecule has 14 heteroatoms. The molecule has 1 N–H and O–H groups in total. The minimum Gasteiger partial charge on any atom is -0.468 e. The van der Waals surface area contributed by atoms with Crippen LogP contribution in [0.1, 0.15) is 30.9 Å². The van der Waals surface area contributed by atoms with Gasteiger partial charge in [0.05, 0.1) is 25.9 Å². The van der Waals surface area contributed by atoms with E-state index in [4.69, 9.17) is 14.2 Å². The quantitative estimate of drug-likeness (QED) is 0.333. The monoisotopic (exact) mass is 528 g/mol. The number of halogens is 3. The molecule has 2 fully saturated rings. The van der Waals surface area contributed by atoms with E-state index in [1.54, 1.807) is 0 Å². The molecule has 0 saturated carbocycles. The molecule has 0 aromatic heterocycles. The summed E-state index contributed by atoms with van der Waals surface area (Å²) in [6.07, 6.45) is -8.43. The molecule has 200 valence electrons. The van der Waals surface area contributed by atoms with Crippen LogP contribution < -0.4 is 0 Å². The molecular formula is C23H23F3N2O9. The lowest BCUT2D eigenvalue weighted by Gasteiger charge is -2.35. The van der Waals surface area contributed by atoms with Crippen LogP contribution in [0.5, 0.6) is 0 Å². The molecule has 11 nitrogen and oxygen atoms in total. The van der Waals surface area contributed by atoms with Crippen LogP contribution in [-0.4, -0.2) is 71.9 Å². The molecule has 1 aromatic carbocycles. The number of hydrogen-bond acceptors (Lipinski definition) is 10. The zero-order chi connectivity index (χ0) is 27.3. The standard InChI is InChI=1S/C23H23F3N2O9/c1-10-15(19(29)22(31)9-36-18-14(37-28(32)33)8-35-20(18)22)17(16(11(2)27-10)21(30)34-3)12-5-4-6-13(7-12)23(24,25)26/h4-7,14,16-18,20,31H,8-9H2,1-3H3/t14-,16?,17?,18-,20+,22-/m1/s1. The van der Waals surface area contributed by atoms with E-state index < -0.39 is 70.9 Å². The summed E-state index contributed by atoms with van der Waals surface area (Å²) < 4.78 is 56.3. The molecule has 2 saturated heterocycles. The average molecular weight is 528 g/mol. The molecule has 0 radical (unpaired) electrons. The third-order valence-electron chi connectivity index (χ3n) is 6.79. The van der Waals surface area contributed by atoms with Gasteiger partial charge in [0.15, 0.2) is 17.5 Å². The number of alkyl halides is 3. The number of carbonyl (C=O) groups excluding carboxylic acids is 2. The summed E-state index contributed by atoms with van der Waals surface area (Å²) in [5.41, 5.74) is -3.36. The number of nitrogens with zero attached hydrogens (tertiary/aromatic N) is 2. The van der Waals surface area contributed by atoms with Gasteiger partial charge in [-0.15, -0.1) is 10.1 Å². The van der Waals surface area contributed by atoms with Crippen molar-refractivity contribution in [3.05, 3.63) is 56.8 Å². The summed E-state index contributed by atoms with van der Waals surface area (Å²) in [5.74, 6) is -4.40. The molecule has 3 heterocycles. The summed E-state index contributed by atoms with van der Waals surface area (Å²) in [4.78, 5) is 46.3. The van der Waals surface area contributed by atoms with Crippen molar-refractivity contribution >= 4 is 17.5 Å². The smallest absolute Gasteiger partial charge is 0.416 e. The first-order valence-corrected chi connectivity index (χ1v) is 11.1. The number of ketones is 1. The van der Waals surface area contributed by atoms with E-state index in [0.29, 0.717) is 0 Å². The van der Waals surface area contributed by atoms with E-state index in [0.717, 1.165) is 25.3 Å². The zero-order valence-electron chi connectivity index (χ0n) is 19.9. The van der Waals surface area contributed by atoms with Gasteiger partial charge in [-0.25, -0.2) is 0 Å². The van der Waals surface area contributed by atoms with E-state index in [-0.39, 0.29) is 29.2 Å². The van der Waals surface area contributed by atoms with Gasteiger partial charge in [-0.05, 0) is 25.5 Å². The minimum atomic E-state index is -4.70. The number of hydrogen-bond donors (Lipinski definition) is 1. The SMILES string of the molecule is COC(=O)C1C(C)=NC(C)=C(C(=O)[C@]2(O)CO[C@@H]3[C@H](O[N+](=O)[O-])CO[C@@H]32)C1c1cccc(C(F)(F)F)c1. The number of ether oxygens (including phenoxy) is 3. The molecular weight excluding hydrogens is 505 g/mol. The number of methoxy groups -OCH3 is 1. The van der Waals surface area contributed by atoms with E-state index in [2.05, 4.69) is 9.83 Å². The first-order valence-electron chi connectivity index (χ1n) is 11.1. The number of Topliss-reactive ketones (excluding diaryl/α,β-unsaturated/α-hetero) is 1. The van der Waals surface area contributed by atoms with Gasteiger partial charge >= 0.3 is 12.1 Å². The van der Waals surface area contributed by atoms with Crippen LogP contribution in [-0.2, 0) is 34.8 Å². The highest BCUT2D eigenvalue weighted by Gasteiger charge is 2.62. The normalized spacial score (nSPS) is 31.5. The zero-order valence-corrected chi connectivity index (χ0v) is 19.9. The van der Waals surface area contributed by atoms with Crippen molar-refractivity contribution < 1.29 is 52.0 Å². The lowest BCUT2D eigenvalue weighted by atomic mass is 9.71. The molecule has 3 aliphatic heterocycles. The van der Waals surface area contributed by atoms with E-state index in [1.165, 1.54) is 19.9 Å². The number of benzene rings is 1. The largest absolute Gasteiger partial charge is 0.468 e. The van der Waals surface area contributed by atoms with E-state index in [1.807, 2.05) is 0 Å². The molecule has 1 aromatic rings. The number of allylic oxidation sites excluding steroid dienone is 1. The van der Waals surface area contributed by atoms with Crippen molar-refractivity contribution in [1.29, 1.82) is 0 Å². The van der Waals surface area contributed by atoms with Crippen LogP contribution in [0.25, 0.3) is 0 Å². The Hall–Kier alpha value is -3.36. The van der Waals surface area contributed by atoms with Gasteiger partial charge in [0.25, 0.3) is 5.09 Å². The van der Waals surface area contributed by atoms with Gasteiger partial charge in [-0.3, -0.25) is 14.6 Å². The van der Waals surface area contributed by atoms with Crippen LogP contribution in [0.3, 0.4) is 0 Å². The fourth-order valence-corrected chi connectivity index (χ4v) is 5.16. The second kappa shape index (κ2) is 9.50. The molecule has 0 amide bonds. The second-order valence-electron chi connectivity index (χ2n) is 9.00. The van der Waals surface area contributed by atoms with Crippen molar-refractivity contribution in [2.45, 2.75) is 49.9 Å². The van der Waals surface area contributed by atoms with Gasteiger partial charge in [-0.2, -0.15) is 13.2 Å². The van der Waals surface area contributed by atoms with Crippen molar-refractivity contribution in [1.82, 2.24) is 0 Å². The van der Waals surface area contributed by atoms with Gasteiger partial charge in [0, 0.05) is 22.9 Å². The Labute approximate surface area is 207 Å². The lowest BCUT2D eigenvalue weighted by molar-refractivity contribution is -0.769. The summed E-state index contributed by atoms with van der Waals surface area (Å²) in [6, 6.07) is 4.15. The summed E-state index contributed by atoms with van der Waals surface area (Å²) in [6.45, 7) is 1.94. The fraction of sp³-hybridized carbons (Fsp3) is 0.522. The first-order chi connectivity index (χ1) is 17.3. The van der Waals surface area contributed by atoms with Crippen LogP contribution in [0.4, 0.5) is 13.2 Å². The Morgan fingerprint density at radius 1 is 1.27 bits per heavy atom. The highest BCUT2D eigenvalue weighted by Crippen LogP contribution is 2.45. The van der Waals surface area contributed by atoms with Crippen molar-refractivity contribution in [3.63, 3.8) is 0 Å². The van der Waals surface area contributed by atoms with Crippen LogP contribution in [0.15, 0.2) is 40.5 Å². The predicted octanol–water partition coefficient (Wildman–Crippen LogP) is 2.00. The first kappa shape index (κ1) is 26.7. The third kappa shape index (κ3) is 4.60. The number of fused-ring (bicyclic) bond motifs is 1. The number of esters is 1. The molecule has 0 spiro atoms. The topological polar surface area (TPSA) is 147 Å². The van der Waals surface area contributed by atoms with Crippen molar-refractivity contribution in [3.8, 4) is 0 Å². The van der Waals surface area contributed by atoms with Crippen LogP contribution >= 0.6 is 0 Å². The Bertz CT molecular complexity index is 1200. The number of aliphatic hydroxyl groups is 1. The Balaban J connectivity index is 1.81. The van der Waals surface area contributed by atoms with Crippen molar-refractivity contribution in [2.24, 2.45) is 10.9 Å². The average Bonchev–Trinajstić information content (AvgIpc) is 3.38. The van der Waals surface area contributed by atoms with E-state index in [9.17, 15) is 38.0 Å². The third-order valence-corrected chi connectivity index (χ3v) is 6.79. The highest BCUT2D eigenvalue weighted by atomic mass is 19.4. The number of carbonyl (C=O) groups is 2. The second-order valence-corrected chi connectivity index (χ2v) is 9.00. The molecule has 0 bridgehead atoms. The maximum atomic E-state index is 13.9. The van der Waals surface area contributed by atoms with Crippen LogP contribution in [0, 0.1) is 16.0 Å². The Morgan fingerprint density at radius 3 is 2.59 bits per heavy atom. The number of aliphatic imine (C=N–C) groups is 1. The fourth-order valence-electron chi connectivity index (χ4n) is 5.16. The summed E-state index contributed by atoms with van der Waals surface area (Å²) in [7, 11) is 1.09. The highest BCUT2D eigenvalue weighted by molar-refractivity contribution is 6.11. The molecule has 37 heavy (non-hydrogen) atoms. The van der Waals surface area contributed by atoms with Crippen molar-refractivity contribution in [2.75, 3.05) is 20.3 Å². The lowest BCUT2D eigenvalue weighted by Crippen LogP contribution is -2.53. The predicted molar refractivity (Wildman–Crippen MR) is 117 cm³/mol. The molecule has 2 unspecified atom stereocenters. The van der Waals surface area contributed by atoms with E-state index >= 15 is 0 Å². The summed E-state index contributed by atoms with van der Waals surface area (Å²) in [5, 5.41) is 21.2. The number of rotatable bonds is 6. The Morgan fingerprint density at radius 2 is 1.97 bits per heavy atom. The molecule has 3 aliphatic rings. The molecule has 6 atom stereocenters.